The normalized spacial score (nSPS) is 22.5. The SMILES string of the molecule is C[C@@H](OC[C@@]1(c2ccccc2)CC[C@]2(CCC(=O)N2)CN1C(=O)OCCCOP(=O)(O)O)c1cc(C(F)(F)F)cc(C(F)(F)F)c1.C[C@@H](OC[C@@]1(c2ccccc2)CC[C@]2(CCC(=O)N2)CN1C(=O)OCCCOP(=O)(OC(C)(C)C)OC(C)(C)C)c1cc(C(F)(F)F)cc(C(F)(F)F)c1. The van der Waals surface area contributed by atoms with Crippen molar-refractivity contribution in [3.63, 3.8) is 0 Å². The summed E-state index contributed by atoms with van der Waals surface area (Å²) in [4.78, 5) is 72.9. The molecule has 556 valence electrons. The lowest BCUT2D eigenvalue weighted by Gasteiger charge is -2.52. The van der Waals surface area contributed by atoms with Crippen LogP contribution in [0.3, 0.4) is 0 Å². The molecule has 4 aromatic rings. The second-order valence-corrected chi connectivity index (χ2v) is 29.9. The lowest BCUT2D eigenvalue weighted by molar-refractivity contribution is -0.145. The van der Waals surface area contributed by atoms with E-state index in [0.717, 1.165) is 0 Å². The lowest BCUT2D eigenvalue weighted by Crippen LogP contribution is -2.65. The number of benzene rings is 4. The summed E-state index contributed by atoms with van der Waals surface area (Å²) in [5.41, 5.74) is -11.5. The second kappa shape index (κ2) is 31.3. The van der Waals surface area contributed by atoms with Crippen LogP contribution < -0.4 is 10.6 Å². The molecule has 0 aliphatic carbocycles. The van der Waals surface area contributed by atoms with Crippen LogP contribution >= 0.6 is 15.6 Å². The van der Waals surface area contributed by atoms with Crippen molar-refractivity contribution in [2.75, 3.05) is 52.7 Å². The second-order valence-electron chi connectivity index (χ2n) is 27.2. The number of phosphoric acid groups is 2. The Kier molecular flexibility index (Phi) is 25.4. The summed E-state index contributed by atoms with van der Waals surface area (Å²) in [6, 6.07) is 19.6. The van der Waals surface area contributed by atoms with Crippen LogP contribution in [-0.4, -0.2) is 119 Å². The molecule has 8 rings (SSSR count). The van der Waals surface area contributed by atoms with Gasteiger partial charge in [0.1, 0.15) is 0 Å². The lowest BCUT2D eigenvalue weighted by atomic mass is 9.74. The predicted molar refractivity (Wildman–Crippen MR) is 335 cm³/mol. The maximum atomic E-state index is 14.1. The zero-order valence-corrected chi connectivity index (χ0v) is 57.8. The summed E-state index contributed by atoms with van der Waals surface area (Å²) in [7, 11) is -8.78. The molecule has 4 amide bonds. The zero-order valence-electron chi connectivity index (χ0n) is 56.1. The topological polar surface area (TPSA) is 247 Å². The highest BCUT2D eigenvalue weighted by Crippen LogP contribution is 2.56. The fourth-order valence-corrected chi connectivity index (χ4v) is 14.5. The molecule has 0 bridgehead atoms. The molecule has 4 heterocycles. The fourth-order valence-electron chi connectivity index (χ4n) is 12.3. The van der Waals surface area contributed by atoms with E-state index in [1.807, 2.05) is 0 Å². The maximum Gasteiger partial charge on any atom is 0.475 e. The number of halogens is 12. The minimum Gasteiger partial charge on any atom is -0.449 e. The number of carbonyl (C=O) groups excluding carboxylic acids is 4. The van der Waals surface area contributed by atoms with E-state index in [9.17, 15) is 81.0 Å². The van der Waals surface area contributed by atoms with Crippen molar-refractivity contribution >= 4 is 39.6 Å². The van der Waals surface area contributed by atoms with E-state index in [-0.39, 0.29) is 120 Å². The van der Waals surface area contributed by atoms with Crippen molar-refractivity contribution in [3.05, 3.63) is 142 Å². The molecule has 4 aliphatic heterocycles. The monoisotopic (exact) mass is 1480 g/mol. The van der Waals surface area contributed by atoms with Crippen LogP contribution in [0.2, 0.25) is 0 Å². The maximum absolute atomic E-state index is 14.1. The minimum atomic E-state index is -5.05. The number of hydrogen-bond donors (Lipinski definition) is 4. The van der Waals surface area contributed by atoms with E-state index in [1.54, 1.807) is 102 Å². The molecular weight excluding hydrogens is 1390 g/mol. The first-order valence-electron chi connectivity index (χ1n) is 31.9. The Bertz CT molecular complexity index is 3510. The standard InChI is InChI=1S/C37H49F6N2O8P.C29H33F6N2O8P/c1-25(26-20-28(36(38,39)40)22-29(21-26)37(41,42)43)50-24-35(27-12-9-8-10-13-27)17-16-34(15-14-30(46)44-34)23-45(35)31(47)49-18-11-19-51-54(48,52-32(2,3)4)53-33(5,6)7;1-19(20-14-22(28(30,31)32)16-23(15-20)29(33,34)35)44-18-27(21-6-3-2-4-7-21)11-10-26(9-8-24(38)36-26)17-37(27)25(39)43-12-5-13-45-46(40,41)42/h8-10,12-13,20-22,25H,11,14-19,23-24H2,1-7H3,(H,44,46);2-4,6-7,14-16,19H,5,8-13,17-18H2,1H3,(H,36,38)(H2,40,41,42)/t25-,34-,35-;19-,26-,27-/m11/s1. The van der Waals surface area contributed by atoms with Crippen LogP contribution in [0.1, 0.15) is 176 Å². The van der Waals surface area contributed by atoms with Gasteiger partial charge in [-0.05, 0) is 153 Å². The van der Waals surface area contributed by atoms with Crippen LogP contribution in [0.5, 0.6) is 0 Å². The van der Waals surface area contributed by atoms with Gasteiger partial charge in [0.25, 0.3) is 0 Å². The highest BCUT2D eigenvalue weighted by Gasteiger charge is 2.56. The molecule has 0 radical (unpaired) electrons. The molecule has 2 spiro atoms. The summed E-state index contributed by atoms with van der Waals surface area (Å²) >= 11 is 0. The molecule has 0 unspecified atom stereocenters. The zero-order chi connectivity index (χ0) is 74.4. The van der Waals surface area contributed by atoms with Gasteiger partial charge < -0.3 is 39.4 Å². The largest absolute Gasteiger partial charge is 0.475 e. The summed E-state index contributed by atoms with van der Waals surface area (Å²) in [5.74, 6) is -0.410. The molecule has 20 nitrogen and oxygen atoms in total. The van der Waals surface area contributed by atoms with E-state index in [0.29, 0.717) is 61.1 Å². The average Bonchev–Trinajstić information content (AvgIpc) is 1.27. The Morgan fingerprint density at radius 1 is 0.500 bits per heavy atom. The Labute approximate surface area is 570 Å². The first kappa shape index (κ1) is 81.0. The number of phosphoric ester groups is 2. The molecule has 4 aromatic carbocycles. The highest BCUT2D eigenvalue weighted by atomic mass is 31.2. The predicted octanol–water partition coefficient (Wildman–Crippen LogP) is 15.8. The van der Waals surface area contributed by atoms with E-state index in [4.69, 9.17) is 42.3 Å². The smallest absolute Gasteiger partial charge is 0.449 e. The summed E-state index contributed by atoms with van der Waals surface area (Å²) in [6.07, 6.45) is -22.0. The van der Waals surface area contributed by atoms with Gasteiger partial charge in [-0.15, -0.1) is 0 Å². The van der Waals surface area contributed by atoms with Crippen molar-refractivity contribution in [3.8, 4) is 0 Å². The molecule has 4 aliphatic rings. The van der Waals surface area contributed by atoms with Gasteiger partial charge in [-0.3, -0.25) is 37.5 Å². The van der Waals surface area contributed by atoms with Gasteiger partial charge in [0, 0.05) is 38.8 Å². The number of rotatable bonds is 22. The number of likely N-dealkylation sites (tertiary alicyclic amines) is 2. The van der Waals surface area contributed by atoms with Crippen LogP contribution in [0.15, 0.2) is 97.1 Å². The molecular formula is C66H82F12N4O16P2. The third-order valence-electron chi connectivity index (χ3n) is 17.1. The Morgan fingerprint density at radius 3 is 1.12 bits per heavy atom. The van der Waals surface area contributed by atoms with Crippen LogP contribution in [0, 0.1) is 0 Å². The first-order chi connectivity index (χ1) is 46.1. The number of ether oxygens (including phenoxy) is 4. The minimum absolute atomic E-state index is 0.0173. The van der Waals surface area contributed by atoms with Crippen molar-refractivity contribution in [1.82, 2.24) is 20.4 Å². The Balaban J connectivity index is 0.000000284. The van der Waals surface area contributed by atoms with E-state index < -0.39 is 127 Å². The van der Waals surface area contributed by atoms with E-state index in [1.165, 1.54) is 23.6 Å². The number of amides is 4. The van der Waals surface area contributed by atoms with Crippen molar-refractivity contribution < 1.29 is 128 Å². The van der Waals surface area contributed by atoms with Crippen LogP contribution in [-0.2, 0) is 91.5 Å². The number of nitrogens with zero attached hydrogens (tertiary/aromatic N) is 2. The molecule has 0 saturated carbocycles. The Hall–Kier alpha value is -6.34. The van der Waals surface area contributed by atoms with Gasteiger partial charge in [0.05, 0.1) is 107 Å². The summed E-state index contributed by atoms with van der Waals surface area (Å²) < 4.78 is 232. The van der Waals surface area contributed by atoms with Gasteiger partial charge >= 0.3 is 52.5 Å². The fraction of sp³-hybridized carbons (Fsp3) is 0.576. The molecule has 0 aromatic heterocycles. The molecule has 34 heteroatoms. The van der Waals surface area contributed by atoms with Gasteiger partial charge in [0.2, 0.25) is 11.8 Å². The number of alkyl halides is 12. The number of nitrogens with one attached hydrogen (secondary N) is 2. The summed E-state index contributed by atoms with van der Waals surface area (Å²) in [5, 5.41) is 5.90. The molecule has 100 heavy (non-hydrogen) atoms. The number of carbonyl (C=O) groups is 4. The van der Waals surface area contributed by atoms with Crippen molar-refractivity contribution in [2.24, 2.45) is 0 Å². The molecule has 6 atom stereocenters. The van der Waals surface area contributed by atoms with Crippen molar-refractivity contribution in [1.29, 1.82) is 0 Å². The van der Waals surface area contributed by atoms with Gasteiger partial charge in [0.15, 0.2) is 0 Å². The first-order valence-corrected chi connectivity index (χ1v) is 34.9. The molecule has 4 saturated heterocycles. The van der Waals surface area contributed by atoms with Crippen molar-refractivity contribution in [2.45, 2.75) is 190 Å². The van der Waals surface area contributed by atoms with Gasteiger partial charge in [-0.2, -0.15) is 52.7 Å². The number of piperidine rings is 2. The van der Waals surface area contributed by atoms with Gasteiger partial charge in [-0.1, -0.05) is 60.7 Å². The Morgan fingerprint density at radius 2 is 0.830 bits per heavy atom. The van der Waals surface area contributed by atoms with Crippen LogP contribution in [0.4, 0.5) is 62.3 Å². The van der Waals surface area contributed by atoms with E-state index in [2.05, 4.69) is 15.2 Å². The number of hydrogen-bond acceptors (Lipinski definition) is 14. The molecule has 4 fully saturated rings. The highest BCUT2D eigenvalue weighted by molar-refractivity contribution is 7.48. The van der Waals surface area contributed by atoms with E-state index >= 15 is 0 Å². The molecule has 4 N–H and O–H groups in total. The van der Waals surface area contributed by atoms with Gasteiger partial charge in [-0.25, -0.2) is 18.7 Å². The summed E-state index contributed by atoms with van der Waals surface area (Å²) in [6.45, 7) is 10.9. The average molecular weight is 1480 g/mol. The van der Waals surface area contributed by atoms with Crippen LogP contribution in [0.25, 0.3) is 0 Å². The third kappa shape index (κ3) is 21.9. The quantitative estimate of drug-likeness (QED) is 0.0324. The third-order valence-corrected chi connectivity index (χ3v) is 19.7.